The van der Waals surface area contributed by atoms with Gasteiger partial charge in [-0.3, -0.25) is 0 Å². The quantitative estimate of drug-likeness (QED) is 0.825. The highest BCUT2D eigenvalue weighted by Crippen LogP contribution is 2.34. The largest absolute Gasteiger partial charge is 0.339 e. The Hall–Kier alpha value is -0.900. The maximum Gasteiger partial charge on any atom is 0.226 e. The maximum absolute atomic E-state index is 5.78. The minimum absolute atomic E-state index is 0.463. The van der Waals surface area contributed by atoms with Gasteiger partial charge in [0.15, 0.2) is 5.82 Å². The first-order chi connectivity index (χ1) is 8.19. The molecule has 0 radical (unpaired) electrons. The standard InChI is InChI=1S/C13H23N3O/c1-9(2)6-10(8-14)7-12-15-13(16-17-12)11-4-3-5-11/h9-11H,3-8,14H2,1-2H3/t10-/m0/s1. The predicted octanol–water partition coefficient (Wildman–Crippen LogP) is 2.50. The molecule has 4 heteroatoms. The van der Waals surface area contributed by atoms with E-state index in [1.807, 2.05) is 0 Å². The molecule has 0 aromatic carbocycles. The second-order valence-corrected chi connectivity index (χ2v) is 5.61. The van der Waals surface area contributed by atoms with E-state index in [2.05, 4.69) is 24.0 Å². The first-order valence-electron chi connectivity index (χ1n) is 6.71. The molecule has 96 valence electrons. The molecule has 0 saturated heterocycles. The van der Waals surface area contributed by atoms with Crippen LogP contribution >= 0.6 is 0 Å². The van der Waals surface area contributed by atoms with Crippen LogP contribution in [-0.2, 0) is 6.42 Å². The second-order valence-electron chi connectivity index (χ2n) is 5.61. The van der Waals surface area contributed by atoms with Crippen molar-refractivity contribution in [3.63, 3.8) is 0 Å². The van der Waals surface area contributed by atoms with Crippen LogP contribution in [0.4, 0.5) is 0 Å². The highest BCUT2D eigenvalue weighted by Gasteiger charge is 2.25. The SMILES string of the molecule is CC(C)C[C@H](CN)Cc1nc(C2CCC2)no1. The number of nitrogens with two attached hydrogens (primary N) is 1. The topological polar surface area (TPSA) is 64.9 Å². The van der Waals surface area contributed by atoms with E-state index in [0.717, 1.165) is 24.6 Å². The normalized spacial score (nSPS) is 18.4. The maximum atomic E-state index is 5.78. The van der Waals surface area contributed by atoms with Crippen LogP contribution in [0.5, 0.6) is 0 Å². The lowest BCUT2D eigenvalue weighted by Gasteiger charge is -2.21. The molecule has 1 aromatic heterocycles. The minimum Gasteiger partial charge on any atom is -0.339 e. The predicted molar refractivity (Wildman–Crippen MR) is 66.6 cm³/mol. The summed E-state index contributed by atoms with van der Waals surface area (Å²) in [4.78, 5) is 4.49. The Morgan fingerprint density at radius 3 is 2.71 bits per heavy atom. The van der Waals surface area contributed by atoms with E-state index < -0.39 is 0 Å². The van der Waals surface area contributed by atoms with Gasteiger partial charge in [0.1, 0.15) is 0 Å². The van der Waals surface area contributed by atoms with Crippen LogP contribution in [0.25, 0.3) is 0 Å². The van der Waals surface area contributed by atoms with Crippen molar-refractivity contribution >= 4 is 0 Å². The second kappa shape index (κ2) is 5.63. The molecule has 0 aliphatic heterocycles. The molecule has 0 bridgehead atoms. The lowest BCUT2D eigenvalue weighted by molar-refractivity contribution is 0.321. The first kappa shape index (κ1) is 12.6. The van der Waals surface area contributed by atoms with Crippen LogP contribution in [0, 0.1) is 11.8 Å². The molecule has 17 heavy (non-hydrogen) atoms. The minimum atomic E-state index is 0.463. The fourth-order valence-corrected chi connectivity index (χ4v) is 2.36. The van der Waals surface area contributed by atoms with Crippen LogP contribution in [0.15, 0.2) is 4.52 Å². The molecule has 0 spiro atoms. The molecule has 1 atom stereocenters. The third kappa shape index (κ3) is 3.28. The van der Waals surface area contributed by atoms with Crippen LogP contribution < -0.4 is 5.73 Å². The van der Waals surface area contributed by atoms with Gasteiger partial charge in [-0.05, 0) is 37.6 Å². The van der Waals surface area contributed by atoms with Gasteiger partial charge in [0.2, 0.25) is 5.89 Å². The van der Waals surface area contributed by atoms with Gasteiger partial charge >= 0.3 is 0 Å². The highest BCUT2D eigenvalue weighted by atomic mass is 16.5. The third-order valence-electron chi connectivity index (χ3n) is 3.56. The van der Waals surface area contributed by atoms with E-state index in [1.54, 1.807) is 0 Å². The summed E-state index contributed by atoms with van der Waals surface area (Å²) in [5.41, 5.74) is 5.78. The van der Waals surface area contributed by atoms with Crippen LogP contribution in [0.2, 0.25) is 0 Å². The average Bonchev–Trinajstić information content (AvgIpc) is 2.62. The lowest BCUT2D eigenvalue weighted by Crippen LogP contribution is -2.19. The Bertz CT molecular complexity index is 344. The van der Waals surface area contributed by atoms with Crippen molar-refractivity contribution in [3.05, 3.63) is 11.7 Å². The van der Waals surface area contributed by atoms with Crippen molar-refractivity contribution in [2.45, 2.75) is 51.9 Å². The summed E-state index contributed by atoms with van der Waals surface area (Å²) >= 11 is 0. The van der Waals surface area contributed by atoms with Crippen LogP contribution in [0.1, 0.15) is 57.2 Å². The van der Waals surface area contributed by atoms with Gasteiger partial charge in [-0.15, -0.1) is 0 Å². The zero-order valence-electron chi connectivity index (χ0n) is 10.9. The van der Waals surface area contributed by atoms with E-state index in [4.69, 9.17) is 10.3 Å². The summed E-state index contributed by atoms with van der Waals surface area (Å²) in [6.07, 6.45) is 5.68. The number of nitrogens with zero attached hydrogens (tertiary/aromatic N) is 2. The Morgan fingerprint density at radius 1 is 1.41 bits per heavy atom. The molecule has 0 unspecified atom stereocenters. The third-order valence-corrected chi connectivity index (χ3v) is 3.56. The van der Waals surface area contributed by atoms with Crippen molar-refractivity contribution in [2.24, 2.45) is 17.6 Å². The highest BCUT2D eigenvalue weighted by molar-refractivity contribution is 5.00. The van der Waals surface area contributed by atoms with Crippen molar-refractivity contribution in [3.8, 4) is 0 Å². The summed E-state index contributed by atoms with van der Waals surface area (Å²) in [7, 11) is 0. The molecule has 1 aliphatic carbocycles. The number of rotatable bonds is 6. The van der Waals surface area contributed by atoms with Gasteiger partial charge in [0, 0.05) is 12.3 Å². The van der Waals surface area contributed by atoms with Gasteiger partial charge in [0.05, 0.1) is 0 Å². The summed E-state index contributed by atoms with van der Waals surface area (Å²) in [6.45, 7) is 5.13. The molecule has 1 heterocycles. The fourth-order valence-electron chi connectivity index (χ4n) is 2.36. The Labute approximate surface area is 103 Å². The molecule has 4 nitrogen and oxygen atoms in total. The van der Waals surface area contributed by atoms with Crippen molar-refractivity contribution < 1.29 is 4.52 Å². The van der Waals surface area contributed by atoms with Crippen LogP contribution in [-0.4, -0.2) is 16.7 Å². The van der Waals surface area contributed by atoms with Gasteiger partial charge in [-0.1, -0.05) is 25.4 Å². The van der Waals surface area contributed by atoms with Crippen molar-refractivity contribution in [1.82, 2.24) is 10.1 Å². The molecular weight excluding hydrogens is 214 g/mol. The summed E-state index contributed by atoms with van der Waals surface area (Å²) < 4.78 is 5.32. The van der Waals surface area contributed by atoms with Crippen LogP contribution in [0.3, 0.4) is 0 Å². The summed E-state index contributed by atoms with van der Waals surface area (Å²) in [6, 6.07) is 0. The monoisotopic (exact) mass is 237 g/mol. The Kier molecular flexibility index (Phi) is 4.15. The number of hydrogen-bond donors (Lipinski definition) is 1. The van der Waals surface area contributed by atoms with E-state index in [1.165, 1.54) is 19.3 Å². The smallest absolute Gasteiger partial charge is 0.226 e. The van der Waals surface area contributed by atoms with E-state index in [9.17, 15) is 0 Å². The first-order valence-corrected chi connectivity index (χ1v) is 6.71. The Balaban J connectivity index is 1.90. The fraction of sp³-hybridized carbons (Fsp3) is 0.846. The molecule has 1 aliphatic rings. The summed E-state index contributed by atoms with van der Waals surface area (Å²) in [5, 5.41) is 4.08. The molecular formula is C13H23N3O. The van der Waals surface area contributed by atoms with Gasteiger partial charge in [0.25, 0.3) is 0 Å². The molecule has 1 saturated carbocycles. The van der Waals surface area contributed by atoms with Gasteiger partial charge < -0.3 is 10.3 Å². The molecule has 2 rings (SSSR count). The Morgan fingerprint density at radius 2 is 2.18 bits per heavy atom. The molecule has 1 aromatic rings. The molecule has 0 amide bonds. The number of aromatic nitrogens is 2. The molecule has 1 fully saturated rings. The zero-order valence-corrected chi connectivity index (χ0v) is 10.9. The lowest BCUT2D eigenvalue weighted by atomic mass is 9.85. The van der Waals surface area contributed by atoms with Gasteiger partial charge in [-0.2, -0.15) is 4.98 Å². The van der Waals surface area contributed by atoms with E-state index in [-0.39, 0.29) is 0 Å². The number of hydrogen-bond acceptors (Lipinski definition) is 4. The van der Waals surface area contributed by atoms with E-state index in [0.29, 0.717) is 24.3 Å². The molecule has 2 N–H and O–H groups in total. The van der Waals surface area contributed by atoms with Crippen molar-refractivity contribution in [2.75, 3.05) is 6.54 Å². The van der Waals surface area contributed by atoms with Crippen molar-refractivity contribution in [1.29, 1.82) is 0 Å². The summed E-state index contributed by atoms with van der Waals surface area (Å²) in [5.74, 6) is 3.35. The zero-order chi connectivity index (χ0) is 12.3. The van der Waals surface area contributed by atoms with E-state index >= 15 is 0 Å². The average molecular weight is 237 g/mol. The van der Waals surface area contributed by atoms with Gasteiger partial charge in [-0.25, -0.2) is 0 Å².